The molecule has 6 heteroatoms. The molecule has 0 bridgehead atoms. The maximum atomic E-state index is 13.1. The molecule has 2 nitrogen and oxygen atoms in total. The molecule has 0 aromatic heterocycles. The van der Waals surface area contributed by atoms with E-state index in [0.717, 1.165) is 25.5 Å². The highest BCUT2D eigenvalue weighted by Crippen LogP contribution is 2.34. The Balaban J connectivity index is 2.23. The highest BCUT2D eigenvalue weighted by Gasteiger charge is 2.35. The van der Waals surface area contributed by atoms with Crippen LogP contribution in [0.1, 0.15) is 30.9 Å². The molecule has 0 amide bonds. The van der Waals surface area contributed by atoms with E-state index >= 15 is 0 Å². The van der Waals surface area contributed by atoms with Crippen molar-refractivity contribution in [3.8, 4) is 0 Å². The van der Waals surface area contributed by atoms with Gasteiger partial charge in [-0.25, -0.2) is 4.39 Å². The Kier molecular flexibility index (Phi) is 4.88. The zero-order valence-corrected chi connectivity index (χ0v) is 12.0. The first-order chi connectivity index (χ1) is 9.81. The molecule has 2 rings (SSSR count). The maximum Gasteiger partial charge on any atom is 0.416 e. The Morgan fingerprint density at radius 1 is 1.33 bits per heavy atom. The van der Waals surface area contributed by atoms with Crippen LogP contribution in [0, 0.1) is 11.7 Å². The second-order valence-corrected chi connectivity index (χ2v) is 5.79. The molecular formula is C15H20F4N2. The Morgan fingerprint density at radius 2 is 2.05 bits per heavy atom. The van der Waals surface area contributed by atoms with Crippen molar-refractivity contribution in [3.05, 3.63) is 35.1 Å². The van der Waals surface area contributed by atoms with E-state index < -0.39 is 17.6 Å². The monoisotopic (exact) mass is 304 g/mol. The van der Waals surface area contributed by atoms with Gasteiger partial charge in [0.2, 0.25) is 0 Å². The Bertz CT molecular complexity index is 487. The topological polar surface area (TPSA) is 29.3 Å². The van der Waals surface area contributed by atoms with Crippen LogP contribution in [0.5, 0.6) is 0 Å². The molecule has 1 aliphatic heterocycles. The number of likely N-dealkylation sites (tertiary alicyclic amines) is 1. The molecule has 118 valence electrons. The predicted molar refractivity (Wildman–Crippen MR) is 73.1 cm³/mol. The number of piperidine rings is 1. The van der Waals surface area contributed by atoms with E-state index in [1.165, 1.54) is 6.07 Å². The van der Waals surface area contributed by atoms with Crippen LogP contribution < -0.4 is 5.73 Å². The van der Waals surface area contributed by atoms with E-state index in [1.54, 1.807) is 0 Å². The minimum Gasteiger partial charge on any atom is -0.329 e. The van der Waals surface area contributed by atoms with Gasteiger partial charge in [0, 0.05) is 19.1 Å². The third kappa shape index (κ3) is 3.95. The summed E-state index contributed by atoms with van der Waals surface area (Å²) in [6.45, 7) is 3.42. The number of rotatable bonds is 3. The van der Waals surface area contributed by atoms with Crippen molar-refractivity contribution in [2.45, 2.75) is 38.5 Å². The van der Waals surface area contributed by atoms with Crippen molar-refractivity contribution in [1.29, 1.82) is 0 Å². The molecule has 1 heterocycles. The van der Waals surface area contributed by atoms with Gasteiger partial charge in [-0.2, -0.15) is 13.2 Å². The van der Waals surface area contributed by atoms with Gasteiger partial charge in [-0.05, 0) is 43.0 Å². The fraction of sp³-hybridized carbons (Fsp3) is 0.600. The van der Waals surface area contributed by atoms with Gasteiger partial charge in [0.15, 0.2) is 0 Å². The Labute approximate surface area is 121 Å². The fourth-order valence-electron chi connectivity index (χ4n) is 2.92. The lowest BCUT2D eigenvalue weighted by Crippen LogP contribution is -2.45. The molecule has 2 atom stereocenters. The number of hydrogen-bond donors (Lipinski definition) is 1. The zero-order valence-electron chi connectivity index (χ0n) is 12.0. The molecule has 2 N–H and O–H groups in total. The average molecular weight is 304 g/mol. The van der Waals surface area contributed by atoms with Crippen molar-refractivity contribution < 1.29 is 17.6 Å². The summed E-state index contributed by atoms with van der Waals surface area (Å²) in [5.41, 5.74) is 4.95. The van der Waals surface area contributed by atoms with Crippen LogP contribution in [-0.4, -0.2) is 24.0 Å². The van der Waals surface area contributed by atoms with Gasteiger partial charge in [0.05, 0.1) is 5.56 Å². The standard InChI is InChI=1S/C15H20F4N2/c1-10-4-5-21(13(6-10)8-20)9-11-2-3-12(16)7-14(11)15(17,18)19/h2-3,7,10,13H,4-6,8-9,20H2,1H3. The second kappa shape index (κ2) is 6.32. The summed E-state index contributed by atoms with van der Waals surface area (Å²) in [4.78, 5) is 1.97. The van der Waals surface area contributed by atoms with E-state index in [1.807, 2.05) is 4.90 Å². The van der Waals surface area contributed by atoms with E-state index in [4.69, 9.17) is 5.73 Å². The van der Waals surface area contributed by atoms with Gasteiger partial charge < -0.3 is 5.73 Å². The minimum absolute atomic E-state index is 0.0832. The minimum atomic E-state index is -4.54. The highest BCUT2D eigenvalue weighted by atomic mass is 19.4. The SMILES string of the molecule is CC1CCN(Cc2ccc(F)cc2C(F)(F)F)C(CN)C1. The van der Waals surface area contributed by atoms with E-state index in [0.29, 0.717) is 18.5 Å². The van der Waals surface area contributed by atoms with Crippen LogP contribution in [0.25, 0.3) is 0 Å². The molecule has 21 heavy (non-hydrogen) atoms. The van der Waals surface area contributed by atoms with E-state index in [2.05, 4.69) is 6.92 Å². The molecule has 1 aromatic rings. The third-order valence-corrected chi connectivity index (χ3v) is 4.12. The van der Waals surface area contributed by atoms with Crippen molar-refractivity contribution in [2.24, 2.45) is 11.7 Å². The Hall–Kier alpha value is -1.14. The molecule has 0 spiro atoms. The van der Waals surface area contributed by atoms with Crippen LogP contribution in [0.15, 0.2) is 18.2 Å². The lowest BCUT2D eigenvalue weighted by atomic mass is 9.91. The number of nitrogens with two attached hydrogens (primary N) is 1. The average Bonchev–Trinajstić information content (AvgIpc) is 2.41. The largest absolute Gasteiger partial charge is 0.416 e. The Morgan fingerprint density at radius 3 is 2.67 bits per heavy atom. The van der Waals surface area contributed by atoms with Crippen LogP contribution >= 0.6 is 0 Å². The molecule has 1 fully saturated rings. The first-order valence-electron chi connectivity index (χ1n) is 7.11. The summed E-state index contributed by atoms with van der Waals surface area (Å²) in [7, 11) is 0. The fourth-order valence-corrected chi connectivity index (χ4v) is 2.92. The van der Waals surface area contributed by atoms with Gasteiger partial charge in [-0.1, -0.05) is 13.0 Å². The number of halogens is 4. The molecule has 0 aliphatic carbocycles. The first-order valence-corrected chi connectivity index (χ1v) is 7.11. The van der Waals surface area contributed by atoms with Crippen LogP contribution in [0.3, 0.4) is 0 Å². The number of hydrogen-bond acceptors (Lipinski definition) is 2. The van der Waals surface area contributed by atoms with Crippen molar-refractivity contribution >= 4 is 0 Å². The summed E-state index contributed by atoms with van der Waals surface area (Å²) in [5, 5.41) is 0. The molecule has 1 aromatic carbocycles. The smallest absolute Gasteiger partial charge is 0.329 e. The summed E-state index contributed by atoms with van der Waals surface area (Å²) in [6, 6.07) is 2.96. The normalized spacial score (nSPS) is 24.3. The number of nitrogens with zero attached hydrogens (tertiary/aromatic N) is 1. The lowest BCUT2D eigenvalue weighted by molar-refractivity contribution is -0.138. The van der Waals surface area contributed by atoms with Gasteiger partial charge in [0.25, 0.3) is 0 Å². The van der Waals surface area contributed by atoms with Crippen LogP contribution in [0.2, 0.25) is 0 Å². The molecule has 1 saturated heterocycles. The van der Waals surface area contributed by atoms with Gasteiger partial charge in [0.1, 0.15) is 5.82 Å². The van der Waals surface area contributed by atoms with Crippen molar-refractivity contribution in [2.75, 3.05) is 13.1 Å². The van der Waals surface area contributed by atoms with Crippen molar-refractivity contribution in [3.63, 3.8) is 0 Å². The summed E-state index contributed by atoms with van der Waals surface area (Å²) in [6.07, 6.45) is -2.71. The number of benzene rings is 1. The molecular weight excluding hydrogens is 284 g/mol. The molecule has 0 radical (unpaired) electrons. The summed E-state index contributed by atoms with van der Waals surface area (Å²) < 4.78 is 52.2. The van der Waals surface area contributed by atoms with Crippen LogP contribution in [0.4, 0.5) is 17.6 Å². The summed E-state index contributed by atoms with van der Waals surface area (Å²) in [5.74, 6) is -0.334. The van der Waals surface area contributed by atoms with Gasteiger partial charge in [-0.15, -0.1) is 0 Å². The zero-order chi connectivity index (χ0) is 15.6. The second-order valence-electron chi connectivity index (χ2n) is 5.79. The third-order valence-electron chi connectivity index (χ3n) is 4.12. The molecule has 2 unspecified atom stereocenters. The van der Waals surface area contributed by atoms with E-state index in [-0.39, 0.29) is 18.2 Å². The van der Waals surface area contributed by atoms with Crippen molar-refractivity contribution in [1.82, 2.24) is 4.90 Å². The lowest BCUT2D eigenvalue weighted by Gasteiger charge is -2.38. The predicted octanol–water partition coefficient (Wildman–Crippen LogP) is 3.40. The van der Waals surface area contributed by atoms with Gasteiger partial charge >= 0.3 is 6.18 Å². The first kappa shape index (κ1) is 16.2. The number of alkyl halides is 3. The molecule has 1 aliphatic rings. The molecule has 0 saturated carbocycles. The van der Waals surface area contributed by atoms with Crippen LogP contribution in [-0.2, 0) is 12.7 Å². The van der Waals surface area contributed by atoms with E-state index in [9.17, 15) is 17.6 Å². The van der Waals surface area contributed by atoms with Gasteiger partial charge in [-0.3, -0.25) is 4.90 Å². The maximum absolute atomic E-state index is 13.1. The summed E-state index contributed by atoms with van der Waals surface area (Å²) >= 11 is 0. The quantitative estimate of drug-likeness (QED) is 0.867. The highest BCUT2D eigenvalue weighted by molar-refractivity contribution is 5.30.